The van der Waals surface area contributed by atoms with Crippen LogP contribution in [-0.2, 0) is 12.8 Å². The van der Waals surface area contributed by atoms with E-state index < -0.39 is 0 Å². The van der Waals surface area contributed by atoms with Crippen LogP contribution in [0, 0.1) is 0 Å². The van der Waals surface area contributed by atoms with Crippen molar-refractivity contribution in [3.63, 3.8) is 0 Å². The molecule has 2 heteroatoms. The fourth-order valence-electron chi connectivity index (χ4n) is 10.4. The first-order chi connectivity index (χ1) is 29.7. The maximum Gasteiger partial charge on any atom is 0.0443 e. The highest BCUT2D eigenvalue weighted by molar-refractivity contribution is 6.24. The van der Waals surface area contributed by atoms with Gasteiger partial charge in [0.1, 0.15) is 0 Å². The molecule has 2 aliphatic rings. The molecule has 0 bridgehead atoms. The zero-order valence-corrected chi connectivity index (χ0v) is 33.6. The monoisotopic (exact) mass is 768 g/mol. The van der Waals surface area contributed by atoms with Gasteiger partial charge in [0, 0.05) is 35.8 Å². The summed E-state index contributed by atoms with van der Waals surface area (Å²) in [5, 5.41) is 10.1. The first-order valence-corrected chi connectivity index (χ1v) is 21.6. The van der Waals surface area contributed by atoms with Gasteiger partial charge in [-0.15, -0.1) is 0 Å². The average Bonchev–Trinajstić information content (AvgIpc) is 3.32. The minimum Gasteiger partial charge on any atom is -0.341 e. The third-order valence-corrected chi connectivity index (χ3v) is 13.2. The predicted molar refractivity (Wildman–Crippen MR) is 256 cm³/mol. The van der Waals surface area contributed by atoms with E-state index in [1.165, 1.54) is 110 Å². The summed E-state index contributed by atoms with van der Waals surface area (Å²) in [6, 6.07) is 73.1. The highest BCUT2D eigenvalue weighted by Crippen LogP contribution is 2.49. The summed E-state index contributed by atoms with van der Waals surface area (Å²) in [7, 11) is 0. The summed E-state index contributed by atoms with van der Waals surface area (Å²) in [6.07, 6.45) is 4.50. The molecule has 2 nitrogen and oxygen atoms in total. The summed E-state index contributed by atoms with van der Waals surface area (Å²) in [5.41, 5.74) is 15.5. The molecule has 0 aliphatic carbocycles. The fourth-order valence-corrected chi connectivity index (χ4v) is 10.4. The third-order valence-electron chi connectivity index (χ3n) is 13.2. The van der Waals surface area contributed by atoms with Crippen LogP contribution in [0.3, 0.4) is 0 Å². The minimum atomic E-state index is 0.997. The van der Waals surface area contributed by atoms with Gasteiger partial charge in [0.05, 0.1) is 0 Å². The van der Waals surface area contributed by atoms with Crippen LogP contribution in [0.4, 0.5) is 22.7 Å². The predicted octanol–water partition coefficient (Wildman–Crippen LogP) is 15.5. The molecule has 2 aliphatic heterocycles. The molecule has 0 N–H and O–H groups in total. The molecule has 60 heavy (non-hydrogen) atoms. The molecule has 0 saturated carbocycles. The van der Waals surface area contributed by atoms with Gasteiger partial charge in [0.15, 0.2) is 0 Å². The van der Waals surface area contributed by atoms with Gasteiger partial charge < -0.3 is 9.80 Å². The van der Waals surface area contributed by atoms with E-state index in [4.69, 9.17) is 0 Å². The lowest BCUT2D eigenvalue weighted by Gasteiger charge is -2.32. The van der Waals surface area contributed by atoms with Crippen LogP contribution in [0.15, 0.2) is 194 Å². The highest BCUT2D eigenvalue weighted by atomic mass is 15.1. The Morgan fingerprint density at radius 3 is 1.40 bits per heavy atom. The second kappa shape index (κ2) is 14.3. The molecule has 0 radical (unpaired) electrons. The minimum absolute atomic E-state index is 0.997. The standard InChI is InChI=1S/C58H44N2/c1-3-17-43-35-45(27-25-39(43)13-1)49-21-7-8-22-50(49)58-52-32-30-47(59-33-11-19-41-15-5-9-23-55(41)59)37-53(52)57(46-28-26-40-14-2-4-18-44(40)36-46)51-31-29-48(38-54(51)58)60-34-12-20-42-16-6-10-24-56(42)60/h1-10,13-18,21-32,35-38H,11-12,19-20,33-34H2. The summed E-state index contributed by atoms with van der Waals surface area (Å²) in [4.78, 5) is 5.10. The number of rotatable bonds is 5. The maximum absolute atomic E-state index is 2.55. The number of hydrogen-bond donors (Lipinski definition) is 0. The van der Waals surface area contributed by atoms with Gasteiger partial charge in [0.2, 0.25) is 0 Å². The molecule has 2 heterocycles. The van der Waals surface area contributed by atoms with Gasteiger partial charge in [-0.2, -0.15) is 0 Å². The second-order valence-electron chi connectivity index (χ2n) is 16.6. The molecular formula is C58H44N2. The highest BCUT2D eigenvalue weighted by Gasteiger charge is 2.25. The Kier molecular flexibility index (Phi) is 8.30. The first-order valence-electron chi connectivity index (χ1n) is 21.6. The number of fused-ring (bicyclic) bond motifs is 6. The molecule has 10 aromatic carbocycles. The van der Waals surface area contributed by atoms with Crippen LogP contribution in [0.2, 0.25) is 0 Å². The van der Waals surface area contributed by atoms with Crippen molar-refractivity contribution >= 4 is 65.8 Å². The zero-order valence-electron chi connectivity index (χ0n) is 33.6. The van der Waals surface area contributed by atoms with Crippen LogP contribution in [-0.4, -0.2) is 13.1 Å². The number of anilines is 4. The van der Waals surface area contributed by atoms with Crippen molar-refractivity contribution in [1.29, 1.82) is 0 Å². The number of aryl methyl sites for hydroxylation is 2. The van der Waals surface area contributed by atoms with Gasteiger partial charge in [0.25, 0.3) is 0 Å². The molecule has 0 unspecified atom stereocenters. The molecule has 0 saturated heterocycles. The lowest BCUT2D eigenvalue weighted by atomic mass is 9.83. The second-order valence-corrected chi connectivity index (χ2v) is 16.6. The summed E-state index contributed by atoms with van der Waals surface area (Å²) >= 11 is 0. The fraction of sp³-hybridized carbons (Fsp3) is 0.103. The Morgan fingerprint density at radius 1 is 0.317 bits per heavy atom. The number of nitrogens with zero attached hydrogens (tertiary/aromatic N) is 2. The molecule has 0 fully saturated rings. The smallest absolute Gasteiger partial charge is 0.0443 e. The lowest BCUT2D eigenvalue weighted by Crippen LogP contribution is -2.24. The summed E-state index contributed by atoms with van der Waals surface area (Å²) < 4.78 is 0. The van der Waals surface area contributed by atoms with Crippen LogP contribution in [0.25, 0.3) is 76.5 Å². The van der Waals surface area contributed by atoms with Gasteiger partial charge in [-0.05, 0) is 162 Å². The molecular weight excluding hydrogens is 725 g/mol. The van der Waals surface area contributed by atoms with Crippen LogP contribution >= 0.6 is 0 Å². The van der Waals surface area contributed by atoms with E-state index in [2.05, 4.69) is 204 Å². The Hall–Kier alpha value is -7.16. The molecule has 10 aromatic rings. The van der Waals surface area contributed by atoms with Crippen molar-refractivity contribution < 1.29 is 0 Å². The van der Waals surface area contributed by atoms with E-state index in [1.54, 1.807) is 0 Å². The summed E-state index contributed by atoms with van der Waals surface area (Å²) in [6.45, 7) is 2.00. The van der Waals surface area contributed by atoms with Crippen molar-refractivity contribution in [3.05, 3.63) is 205 Å². The van der Waals surface area contributed by atoms with E-state index in [1.807, 2.05) is 0 Å². The largest absolute Gasteiger partial charge is 0.341 e. The van der Waals surface area contributed by atoms with E-state index in [0.29, 0.717) is 0 Å². The Morgan fingerprint density at radius 2 is 0.783 bits per heavy atom. The normalized spacial score (nSPS) is 13.9. The third kappa shape index (κ3) is 5.78. The van der Waals surface area contributed by atoms with Gasteiger partial charge in [-0.3, -0.25) is 0 Å². The Balaban J connectivity index is 1.19. The van der Waals surface area contributed by atoms with E-state index in [0.717, 1.165) is 38.8 Å². The zero-order chi connectivity index (χ0) is 39.6. The van der Waals surface area contributed by atoms with Gasteiger partial charge >= 0.3 is 0 Å². The molecule has 286 valence electrons. The molecule has 0 amide bonds. The lowest BCUT2D eigenvalue weighted by molar-refractivity contribution is 0.767. The van der Waals surface area contributed by atoms with Crippen molar-refractivity contribution in [2.75, 3.05) is 22.9 Å². The Bertz CT molecular complexity index is 3300. The number of benzene rings is 10. The van der Waals surface area contributed by atoms with Crippen LogP contribution in [0.1, 0.15) is 24.0 Å². The molecule has 0 spiro atoms. The van der Waals surface area contributed by atoms with Crippen molar-refractivity contribution in [1.82, 2.24) is 0 Å². The van der Waals surface area contributed by atoms with Crippen molar-refractivity contribution in [3.8, 4) is 33.4 Å². The van der Waals surface area contributed by atoms with Crippen LogP contribution in [0.5, 0.6) is 0 Å². The van der Waals surface area contributed by atoms with E-state index in [9.17, 15) is 0 Å². The van der Waals surface area contributed by atoms with Gasteiger partial charge in [-0.25, -0.2) is 0 Å². The Labute approximate surface area is 351 Å². The number of hydrogen-bond acceptors (Lipinski definition) is 2. The maximum atomic E-state index is 2.55. The quantitative estimate of drug-likeness (QED) is 0.161. The molecule has 12 rings (SSSR count). The van der Waals surface area contributed by atoms with Crippen molar-refractivity contribution in [2.45, 2.75) is 25.7 Å². The average molecular weight is 769 g/mol. The molecule has 0 atom stereocenters. The van der Waals surface area contributed by atoms with Crippen LogP contribution < -0.4 is 9.80 Å². The first kappa shape index (κ1) is 34.8. The van der Waals surface area contributed by atoms with Crippen molar-refractivity contribution in [2.24, 2.45) is 0 Å². The summed E-state index contributed by atoms with van der Waals surface area (Å²) in [5.74, 6) is 0. The van der Waals surface area contributed by atoms with Gasteiger partial charge in [-0.1, -0.05) is 146 Å². The number of para-hydroxylation sites is 2. The SMILES string of the molecule is c1ccc2c(c1)CCCN2c1ccc2c(-c3ccccc3-c3ccc4ccccc4c3)c3cc(N4CCCc5ccccc54)ccc3c(-c3ccc4ccccc4c3)c2c1. The topological polar surface area (TPSA) is 6.48 Å². The van der Waals surface area contributed by atoms with E-state index in [-0.39, 0.29) is 0 Å². The van der Waals surface area contributed by atoms with E-state index >= 15 is 0 Å². The molecule has 0 aromatic heterocycles.